The molecule has 0 heterocycles. The molecule has 0 unspecified atom stereocenters. The van der Waals surface area contributed by atoms with Crippen molar-refractivity contribution in [1.82, 2.24) is 0 Å². The van der Waals surface area contributed by atoms with Crippen LogP contribution in [0.3, 0.4) is 0 Å². The van der Waals surface area contributed by atoms with Crippen molar-refractivity contribution in [3.8, 4) is 0 Å². The fourth-order valence-corrected chi connectivity index (χ4v) is 1.86. The first-order valence-corrected chi connectivity index (χ1v) is 4.75. The molecule has 1 nitrogen and oxygen atoms in total. The number of aliphatic hydroxyl groups excluding tert-OH is 1. The lowest BCUT2D eigenvalue weighted by Gasteiger charge is -2.16. The minimum absolute atomic E-state index is 0.363. The largest absolute Gasteiger partial charge is 0.389 e. The van der Waals surface area contributed by atoms with Crippen LogP contribution in [-0.4, -0.2) is 5.11 Å². The van der Waals surface area contributed by atoms with Crippen LogP contribution in [0.25, 0.3) is 6.08 Å². The van der Waals surface area contributed by atoms with E-state index in [1.165, 1.54) is 11.1 Å². The van der Waals surface area contributed by atoms with Gasteiger partial charge in [0.05, 0.1) is 6.10 Å². The maximum Gasteiger partial charge on any atom is 0.0767 e. The molecular weight excluding hydrogens is 160 g/mol. The molecule has 1 aromatic carbocycles. The second kappa shape index (κ2) is 3.35. The molecule has 1 aliphatic carbocycles. The van der Waals surface area contributed by atoms with Gasteiger partial charge in [0, 0.05) is 0 Å². The molecule has 0 amide bonds. The van der Waals surface area contributed by atoms with Crippen LogP contribution >= 0.6 is 0 Å². The van der Waals surface area contributed by atoms with Gasteiger partial charge in [-0.2, -0.15) is 0 Å². The van der Waals surface area contributed by atoms with Gasteiger partial charge in [0.25, 0.3) is 0 Å². The molecule has 0 fully saturated rings. The van der Waals surface area contributed by atoms with E-state index < -0.39 is 0 Å². The van der Waals surface area contributed by atoms with Gasteiger partial charge in [-0.05, 0) is 36.5 Å². The summed E-state index contributed by atoms with van der Waals surface area (Å²) in [6, 6.07) is 6.17. The molecule has 2 rings (SSSR count). The third kappa shape index (κ3) is 1.52. The molecule has 0 saturated heterocycles. The number of rotatable bonds is 1. The lowest BCUT2D eigenvalue weighted by atomic mass is 9.91. The Kier molecular flexibility index (Phi) is 2.19. The van der Waals surface area contributed by atoms with Crippen LogP contribution in [0.2, 0.25) is 0 Å². The van der Waals surface area contributed by atoms with Crippen molar-refractivity contribution in [1.29, 1.82) is 0 Å². The number of fused-ring (bicyclic) bond motifs is 1. The highest BCUT2D eigenvalue weighted by atomic mass is 16.3. The number of aliphatic hydroxyl groups is 1. The van der Waals surface area contributed by atoms with Crippen LogP contribution in [0.1, 0.15) is 36.1 Å². The predicted molar refractivity (Wildman–Crippen MR) is 54.4 cm³/mol. The highest BCUT2D eigenvalue weighted by Crippen LogP contribution is 2.26. The first kappa shape index (κ1) is 8.52. The SMILES string of the molecule is C[C@@H](O)c1cccc2c1C=CCC2. The molecule has 0 bridgehead atoms. The van der Waals surface area contributed by atoms with E-state index in [1.54, 1.807) is 0 Å². The number of aryl methyl sites for hydroxylation is 1. The molecule has 1 aliphatic rings. The lowest BCUT2D eigenvalue weighted by molar-refractivity contribution is 0.199. The van der Waals surface area contributed by atoms with Crippen molar-refractivity contribution in [3.05, 3.63) is 41.0 Å². The number of benzene rings is 1. The first-order chi connectivity index (χ1) is 6.29. The van der Waals surface area contributed by atoms with Crippen molar-refractivity contribution >= 4 is 6.08 Å². The second-order valence-corrected chi connectivity index (χ2v) is 3.54. The molecule has 1 atom stereocenters. The van der Waals surface area contributed by atoms with Gasteiger partial charge in [-0.1, -0.05) is 30.4 Å². The van der Waals surface area contributed by atoms with Crippen LogP contribution in [-0.2, 0) is 6.42 Å². The zero-order chi connectivity index (χ0) is 9.26. The standard InChI is InChI=1S/C12H14O/c1-9(13)11-8-4-6-10-5-2-3-7-12(10)11/h3-4,6-9,13H,2,5H2,1H3/t9-/m1/s1. The summed E-state index contributed by atoms with van der Waals surface area (Å²) in [5.74, 6) is 0. The highest BCUT2D eigenvalue weighted by Gasteiger charge is 2.11. The normalized spacial score (nSPS) is 16.8. The fourth-order valence-electron chi connectivity index (χ4n) is 1.86. The molecule has 68 valence electrons. The Morgan fingerprint density at radius 2 is 2.23 bits per heavy atom. The first-order valence-electron chi connectivity index (χ1n) is 4.75. The van der Waals surface area contributed by atoms with Gasteiger partial charge in [0.2, 0.25) is 0 Å². The molecule has 1 N–H and O–H groups in total. The van der Waals surface area contributed by atoms with Gasteiger partial charge in [-0.25, -0.2) is 0 Å². The molecule has 1 aromatic rings. The van der Waals surface area contributed by atoms with E-state index in [0.29, 0.717) is 0 Å². The van der Waals surface area contributed by atoms with E-state index in [9.17, 15) is 5.11 Å². The summed E-state index contributed by atoms with van der Waals surface area (Å²) in [6.07, 6.45) is 6.16. The van der Waals surface area contributed by atoms with Crippen LogP contribution in [0.5, 0.6) is 0 Å². The van der Waals surface area contributed by atoms with Gasteiger partial charge in [0.1, 0.15) is 0 Å². The zero-order valence-corrected chi connectivity index (χ0v) is 7.83. The summed E-state index contributed by atoms with van der Waals surface area (Å²) in [6.45, 7) is 1.82. The summed E-state index contributed by atoms with van der Waals surface area (Å²) < 4.78 is 0. The molecule has 0 spiro atoms. The number of allylic oxidation sites excluding steroid dienone is 1. The van der Waals surface area contributed by atoms with Gasteiger partial charge >= 0.3 is 0 Å². The molecule has 0 aliphatic heterocycles. The maximum absolute atomic E-state index is 9.55. The van der Waals surface area contributed by atoms with Crippen LogP contribution in [0, 0.1) is 0 Å². The van der Waals surface area contributed by atoms with E-state index in [0.717, 1.165) is 18.4 Å². The van der Waals surface area contributed by atoms with Gasteiger partial charge in [-0.3, -0.25) is 0 Å². The van der Waals surface area contributed by atoms with Crippen molar-refractivity contribution in [2.45, 2.75) is 25.9 Å². The monoisotopic (exact) mass is 174 g/mol. The minimum atomic E-state index is -0.363. The van der Waals surface area contributed by atoms with Gasteiger partial charge in [-0.15, -0.1) is 0 Å². The summed E-state index contributed by atoms with van der Waals surface area (Å²) in [7, 11) is 0. The average molecular weight is 174 g/mol. The Labute approximate surface area is 78.7 Å². The van der Waals surface area contributed by atoms with E-state index in [-0.39, 0.29) is 6.10 Å². The van der Waals surface area contributed by atoms with E-state index in [1.807, 2.05) is 19.1 Å². The van der Waals surface area contributed by atoms with Crippen molar-refractivity contribution < 1.29 is 5.11 Å². The third-order valence-electron chi connectivity index (χ3n) is 2.55. The van der Waals surface area contributed by atoms with E-state index in [4.69, 9.17) is 0 Å². The fraction of sp³-hybridized carbons (Fsp3) is 0.333. The lowest BCUT2D eigenvalue weighted by Crippen LogP contribution is -2.01. The summed E-state index contributed by atoms with van der Waals surface area (Å²) in [5.41, 5.74) is 3.64. The predicted octanol–water partition coefficient (Wildman–Crippen LogP) is 2.70. The zero-order valence-electron chi connectivity index (χ0n) is 7.83. The van der Waals surface area contributed by atoms with Gasteiger partial charge in [0.15, 0.2) is 0 Å². The summed E-state index contributed by atoms with van der Waals surface area (Å²) in [5, 5.41) is 9.55. The molecule has 13 heavy (non-hydrogen) atoms. The van der Waals surface area contributed by atoms with Crippen LogP contribution < -0.4 is 0 Å². The van der Waals surface area contributed by atoms with Crippen LogP contribution in [0.15, 0.2) is 24.3 Å². The topological polar surface area (TPSA) is 20.2 Å². The smallest absolute Gasteiger partial charge is 0.0767 e. The van der Waals surface area contributed by atoms with Crippen LogP contribution in [0.4, 0.5) is 0 Å². The van der Waals surface area contributed by atoms with Crippen molar-refractivity contribution in [2.24, 2.45) is 0 Å². The number of hydrogen-bond donors (Lipinski definition) is 1. The molecule has 1 heteroatoms. The second-order valence-electron chi connectivity index (χ2n) is 3.54. The Bertz CT molecular complexity index is 337. The molecule has 0 aromatic heterocycles. The molecule has 0 radical (unpaired) electrons. The average Bonchev–Trinajstić information content (AvgIpc) is 2.17. The Balaban J connectivity index is 2.54. The van der Waals surface area contributed by atoms with Crippen molar-refractivity contribution in [3.63, 3.8) is 0 Å². The summed E-state index contributed by atoms with van der Waals surface area (Å²) in [4.78, 5) is 0. The Hall–Kier alpha value is -1.08. The van der Waals surface area contributed by atoms with E-state index in [2.05, 4.69) is 18.2 Å². The van der Waals surface area contributed by atoms with E-state index >= 15 is 0 Å². The molecule has 0 saturated carbocycles. The highest BCUT2D eigenvalue weighted by molar-refractivity contribution is 5.60. The Morgan fingerprint density at radius 3 is 3.00 bits per heavy atom. The van der Waals surface area contributed by atoms with Crippen molar-refractivity contribution in [2.75, 3.05) is 0 Å². The summed E-state index contributed by atoms with van der Waals surface area (Å²) >= 11 is 0. The third-order valence-corrected chi connectivity index (χ3v) is 2.55. The quantitative estimate of drug-likeness (QED) is 0.694. The Morgan fingerprint density at radius 1 is 1.38 bits per heavy atom. The maximum atomic E-state index is 9.55. The minimum Gasteiger partial charge on any atom is -0.389 e. The van der Waals surface area contributed by atoms with Gasteiger partial charge < -0.3 is 5.11 Å². The molecular formula is C12H14O. The number of hydrogen-bond acceptors (Lipinski definition) is 1.